The molecule has 1 saturated carbocycles. The molecule has 0 bridgehead atoms. The maximum absolute atomic E-state index is 13.4. The Morgan fingerprint density at radius 1 is 0.941 bits per heavy atom. The Kier molecular flexibility index (Phi) is 5.52. The Morgan fingerprint density at radius 2 is 1.68 bits per heavy atom. The van der Waals surface area contributed by atoms with E-state index in [0.717, 1.165) is 47.4 Å². The molecular formula is C28H28N2O4. The zero-order valence-corrected chi connectivity index (χ0v) is 19.7. The van der Waals surface area contributed by atoms with E-state index < -0.39 is 5.41 Å². The Hall–Kier alpha value is -3.80. The van der Waals surface area contributed by atoms with E-state index in [1.165, 1.54) is 5.56 Å². The average Bonchev–Trinajstić information content (AvgIpc) is 3.54. The minimum atomic E-state index is -0.529. The van der Waals surface area contributed by atoms with Gasteiger partial charge in [0, 0.05) is 25.3 Å². The van der Waals surface area contributed by atoms with Gasteiger partial charge < -0.3 is 19.7 Å². The number of amides is 2. The topological polar surface area (TPSA) is 67.9 Å². The van der Waals surface area contributed by atoms with Gasteiger partial charge in [0.1, 0.15) is 0 Å². The zero-order chi connectivity index (χ0) is 23.9. The number of aryl methyl sites for hydroxylation is 1. The molecule has 6 nitrogen and oxygen atoms in total. The number of carbonyl (C=O) groups excluding carboxylic acids is 2. The summed E-state index contributed by atoms with van der Waals surface area (Å²) in [6.07, 6.45) is 2.47. The van der Waals surface area contributed by atoms with Crippen LogP contribution >= 0.6 is 0 Å². The number of hydrogen-bond donors (Lipinski definition) is 1. The normalized spacial score (nSPS) is 15.0. The van der Waals surface area contributed by atoms with E-state index in [0.29, 0.717) is 11.3 Å². The molecule has 1 aliphatic carbocycles. The first-order valence-electron chi connectivity index (χ1n) is 11.6. The van der Waals surface area contributed by atoms with Gasteiger partial charge in [-0.3, -0.25) is 9.59 Å². The van der Waals surface area contributed by atoms with Gasteiger partial charge in [-0.15, -0.1) is 0 Å². The lowest BCUT2D eigenvalue weighted by molar-refractivity contribution is -0.118. The molecule has 174 valence electrons. The Balaban J connectivity index is 1.39. The molecule has 0 spiro atoms. The van der Waals surface area contributed by atoms with Crippen LogP contribution in [-0.4, -0.2) is 37.6 Å². The number of ether oxygens (including phenoxy) is 2. The molecule has 6 heteroatoms. The van der Waals surface area contributed by atoms with E-state index in [1.807, 2.05) is 54.6 Å². The van der Waals surface area contributed by atoms with Crippen molar-refractivity contribution in [2.24, 2.45) is 0 Å². The van der Waals surface area contributed by atoms with Crippen LogP contribution in [0.1, 0.15) is 41.3 Å². The molecule has 0 unspecified atom stereocenters. The predicted octanol–water partition coefficient (Wildman–Crippen LogP) is 5.02. The molecule has 0 radical (unpaired) electrons. The van der Waals surface area contributed by atoms with Crippen molar-refractivity contribution in [2.75, 3.05) is 26.2 Å². The van der Waals surface area contributed by atoms with E-state index in [-0.39, 0.29) is 18.6 Å². The van der Waals surface area contributed by atoms with Crippen LogP contribution in [0.15, 0.2) is 60.7 Å². The van der Waals surface area contributed by atoms with Gasteiger partial charge in [0.15, 0.2) is 11.5 Å². The van der Waals surface area contributed by atoms with Crippen LogP contribution in [0.4, 0.5) is 5.69 Å². The first kappa shape index (κ1) is 22.0. The number of nitrogens with zero attached hydrogens (tertiary/aromatic N) is 1. The molecule has 1 fully saturated rings. The summed E-state index contributed by atoms with van der Waals surface area (Å²) >= 11 is 0. The predicted molar refractivity (Wildman–Crippen MR) is 131 cm³/mol. The fraction of sp³-hybridized carbons (Fsp3) is 0.286. The fourth-order valence-electron chi connectivity index (χ4n) is 4.50. The molecule has 2 amide bonds. The number of carbonyl (C=O) groups is 2. The number of anilines is 1. The Bertz CT molecular complexity index is 1260. The molecule has 3 aromatic rings. The monoisotopic (exact) mass is 456 g/mol. The van der Waals surface area contributed by atoms with Crippen molar-refractivity contribution in [2.45, 2.75) is 31.6 Å². The maximum Gasteiger partial charge on any atom is 0.253 e. The smallest absolute Gasteiger partial charge is 0.253 e. The Labute approximate surface area is 199 Å². The molecule has 1 heterocycles. The Morgan fingerprint density at radius 3 is 2.35 bits per heavy atom. The summed E-state index contributed by atoms with van der Waals surface area (Å²) in [5.41, 5.74) is 5.09. The standard InChI is InChI=1S/C28H28N2O4/c1-4-18-9-11-22(16-23(18)19-5-7-20(8-6-19)26(31)30(2)3)29-27(32)28(13-14-28)21-10-12-24-25(15-21)34-17-33-24/h5-12,15-16H,4,13-14,17H2,1-3H3,(H,29,32). The highest BCUT2D eigenvalue weighted by Gasteiger charge is 2.51. The first-order valence-corrected chi connectivity index (χ1v) is 11.6. The second-order valence-electron chi connectivity index (χ2n) is 9.11. The lowest BCUT2D eigenvalue weighted by Gasteiger charge is -2.18. The molecule has 0 atom stereocenters. The van der Waals surface area contributed by atoms with Crippen molar-refractivity contribution in [3.63, 3.8) is 0 Å². The summed E-state index contributed by atoms with van der Waals surface area (Å²) in [5.74, 6) is 1.38. The molecule has 3 aromatic carbocycles. The number of rotatable bonds is 6. The van der Waals surface area contributed by atoms with Gasteiger partial charge in [-0.2, -0.15) is 0 Å². The van der Waals surface area contributed by atoms with Crippen LogP contribution in [0.3, 0.4) is 0 Å². The van der Waals surface area contributed by atoms with Crippen molar-refractivity contribution in [1.82, 2.24) is 4.90 Å². The van der Waals surface area contributed by atoms with E-state index in [2.05, 4.69) is 18.3 Å². The SMILES string of the molecule is CCc1ccc(NC(=O)C2(c3ccc4c(c3)OCO4)CC2)cc1-c1ccc(C(=O)N(C)C)cc1. The number of benzene rings is 3. The summed E-state index contributed by atoms with van der Waals surface area (Å²) in [4.78, 5) is 27.2. The molecule has 0 saturated heterocycles. The highest BCUT2D eigenvalue weighted by atomic mass is 16.7. The van der Waals surface area contributed by atoms with E-state index in [4.69, 9.17) is 9.47 Å². The lowest BCUT2D eigenvalue weighted by Crippen LogP contribution is -2.27. The van der Waals surface area contributed by atoms with Gasteiger partial charge in [-0.05, 0) is 77.9 Å². The van der Waals surface area contributed by atoms with Gasteiger partial charge in [0.25, 0.3) is 5.91 Å². The summed E-state index contributed by atoms with van der Waals surface area (Å²) in [6, 6.07) is 19.4. The first-order chi connectivity index (χ1) is 16.4. The van der Waals surface area contributed by atoms with Gasteiger partial charge in [0.2, 0.25) is 12.7 Å². The zero-order valence-electron chi connectivity index (χ0n) is 19.7. The molecule has 1 N–H and O–H groups in total. The van der Waals surface area contributed by atoms with E-state index >= 15 is 0 Å². The van der Waals surface area contributed by atoms with Gasteiger partial charge in [-0.25, -0.2) is 0 Å². The molecular weight excluding hydrogens is 428 g/mol. The quantitative estimate of drug-likeness (QED) is 0.566. The third-order valence-electron chi connectivity index (χ3n) is 6.71. The summed E-state index contributed by atoms with van der Waals surface area (Å²) in [5, 5.41) is 3.15. The van der Waals surface area contributed by atoms with Crippen molar-refractivity contribution >= 4 is 17.5 Å². The van der Waals surface area contributed by atoms with Crippen LogP contribution < -0.4 is 14.8 Å². The summed E-state index contributed by atoms with van der Waals surface area (Å²) in [6.45, 7) is 2.33. The van der Waals surface area contributed by atoms with Gasteiger partial charge in [0.05, 0.1) is 5.41 Å². The molecule has 2 aliphatic rings. The van der Waals surface area contributed by atoms with Crippen LogP contribution in [0, 0.1) is 0 Å². The average molecular weight is 457 g/mol. The van der Waals surface area contributed by atoms with Crippen molar-refractivity contribution in [3.8, 4) is 22.6 Å². The number of fused-ring (bicyclic) bond motifs is 1. The minimum absolute atomic E-state index is 0.00603. The van der Waals surface area contributed by atoms with Crippen LogP contribution in [0.5, 0.6) is 11.5 Å². The van der Waals surface area contributed by atoms with E-state index in [1.54, 1.807) is 19.0 Å². The number of hydrogen-bond acceptors (Lipinski definition) is 4. The largest absolute Gasteiger partial charge is 0.454 e. The fourth-order valence-corrected chi connectivity index (χ4v) is 4.50. The van der Waals surface area contributed by atoms with Gasteiger partial charge in [-0.1, -0.05) is 31.2 Å². The summed E-state index contributed by atoms with van der Waals surface area (Å²) < 4.78 is 10.9. The molecule has 0 aromatic heterocycles. The van der Waals surface area contributed by atoms with Gasteiger partial charge >= 0.3 is 0 Å². The number of nitrogens with one attached hydrogen (secondary N) is 1. The van der Waals surface area contributed by atoms with Crippen LogP contribution in [0.2, 0.25) is 0 Å². The third-order valence-corrected chi connectivity index (χ3v) is 6.71. The highest BCUT2D eigenvalue weighted by molar-refractivity contribution is 6.02. The second kappa shape index (κ2) is 8.52. The molecule has 1 aliphatic heterocycles. The molecule has 5 rings (SSSR count). The molecule has 34 heavy (non-hydrogen) atoms. The summed E-state index contributed by atoms with van der Waals surface area (Å²) in [7, 11) is 3.49. The van der Waals surface area contributed by atoms with Crippen molar-refractivity contribution < 1.29 is 19.1 Å². The maximum atomic E-state index is 13.4. The van der Waals surface area contributed by atoms with Crippen LogP contribution in [-0.2, 0) is 16.6 Å². The van der Waals surface area contributed by atoms with Crippen molar-refractivity contribution in [3.05, 3.63) is 77.4 Å². The second-order valence-corrected chi connectivity index (χ2v) is 9.11. The van der Waals surface area contributed by atoms with Crippen LogP contribution in [0.25, 0.3) is 11.1 Å². The lowest BCUT2D eigenvalue weighted by atomic mass is 9.93. The minimum Gasteiger partial charge on any atom is -0.454 e. The van der Waals surface area contributed by atoms with Crippen molar-refractivity contribution in [1.29, 1.82) is 0 Å². The third kappa shape index (κ3) is 3.89. The van der Waals surface area contributed by atoms with E-state index in [9.17, 15) is 9.59 Å². The highest BCUT2D eigenvalue weighted by Crippen LogP contribution is 2.51.